The van der Waals surface area contributed by atoms with Gasteiger partial charge in [0.15, 0.2) is 0 Å². The molecule has 0 aliphatic heterocycles. The predicted octanol–water partition coefficient (Wildman–Crippen LogP) is 2.01. The molecular formula is C11H15N3. The third-order valence-electron chi connectivity index (χ3n) is 2.47. The molecule has 1 heterocycles. The van der Waals surface area contributed by atoms with Crippen LogP contribution < -0.4 is 5.01 Å². The van der Waals surface area contributed by atoms with E-state index < -0.39 is 0 Å². The molecule has 0 amide bonds. The lowest BCUT2D eigenvalue weighted by atomic mass is 10.3. The number of aromatic nitrogens is 2. The molecule has 1 aromatic carbocycles. The zero-order chi connectivity index (χ0) is 9.97. The van der Waals surface area contributed by atoms with Gasteiger partial charge in [-0.15, -0.1) is 0 Å². The average molecular weight is 189 g/mol. The number of nitrogens with zero attached hydrogens (tertiary/aromatic N) is 3. The molecule has 14 heavy (non-hydrogen) atoms. The number of fused-ring (bicyclic) bond motifs is 1. The Balaban J connectivity index is 2.51. The van der Waals surface area contributed by atoms with Crippen LogP contribution in [0.1, 0.15) is 13.8 Å². The molecule has 0 aliphatic rings. The smallest absolute Gasteiger partial charge is 0.116 e. The number of hydrogen-bond acceptors (Lipinski definition) is 2. The molecule has 0 saturated heterocycles. The molecule has 0 bridgehead atoms. The Morgan fingerprint density at radius 1 is 1.21 bits per heavy atom. The van der Waals surface area contributed by atoms with Crippen molar-refractivity contribution >= 4 is 11.0 Å². The molecule has 0 N–H and O–H groups in total. The van der Waals surface area contributed by atoms with Gasteiger partial charge in [0.1, 0.15) is 6.33 Å². The van der Waals surface area contributed by atoms with Crippen LogP contribution >= 0.6 is 0 Å². The van der Waals surface area contributed by atoms with E-state index in [2.05, 4.69) is 34.6 Å². The van der Waals surface area contributed by atoms with Crippen LogP contribution in [0.15, 0.2) is 30.6 Å². The zero-order valence-electron chi connectivity index (χ0n) is 8.64. The van der Waals surface area contributed by atoms with Crippen molar-refractivity contribution < 1.29 is 0 Å². The normalized spacial score (nSPS) is 10.7. The van der Waals surface area contributed by atoms with Gasteiger partial charge in [-0.2, -0.15) is 0 Å². The summed E-state index contributed by atoms with van der Waals surface area (Å²) in [6.07, 6.45) is 1.89. The van der Waals surface area contributed by atoms with Gasteiger partial charge in [0.2, 0.25) is 0 Å². The molecule has 0 atom stereocenters. The summed E-state index contributed by atoms with van der Waals surface area (Å²) in [6, 6.07) is 8.20. The number of para-hydroxylation sites is 2. The molecule has 74 valence electrons. The molecule has 0 unspecified atom stereocenters. The summed E-state index contributed by atoms with van der Waals surface area (Å²) in [5, 5.41) is 2.25. The van der Waals surface area contributed by atoms with Crippen LogP contribution in [-0.2, 0) is 0 Å². The Hall–Kier alpha value is -1.51. The van der Waals surface area contributed by atoms with Gasteiger partial charge >= 0.3 is 0 Å². The molecule has 0 radical (unpaired) electrons. The van der Waals surface area contributed by atoms with Crippen LogP contribution in [0.3, 0.4) is 0 Å². The monoisotopic (exact) mass is 189 g/mol. The number of imidazole rings is 1. The molecule has 3 nitrogen and oxygen atoms in total. The minimum absolute atomic E-state index is 0.997. The van der Waals surface area contributed by atoms with E-state index in [1.807, 2.05) is 24.5 Å². The molecule has 2 rings (SSSR count). The Kier molecular flexibility index (Phi) is 2.39. The van der Waals surface area contributed by atoms with Crippen molar-refractivity contribution in [1.29, 1.82) is 0 Å². The third-order valence-corrected chi connectivity index (χ3v) is 2.47. The minimum atomic E-state index is 0.997. The first-order valence-corrected chi connectivity index (χ1v) is 5.04. The lowest BCUT2D eigenvalue weighted by Gasteiger charge is -2.22. The molecule has 0 saturated carbocycles. The van der Waals surface area contributed by atoms with Gasteiger partial charge in [0.05, 0.1) is 11.0 Å². The maximum absolute atomic E-state index is 4.36. The molecule has 0 fully saturated rings. The summed E-state index contributed by atoms with van der Waals surface area (Å²) in [4.78, 5) is 4.36. The van der Waals surface area contributed by atoms with Crippen LogP contribution in [-0.4, -0.2) is 22.7 Å². The largest absolute Gasteiger partial charge is 0.312 e. The van der Waals surface area contributed by atoms with Gasteiger partial charge in [-0.05, 0) is 26.0 Å². The van der Waals surface area contributed by atoms with Crippen LogP contribution in [0.5, 0.6) is 0 Å². The van der Waals surface area contributed by atoms with Gasteiger partial charge in [0.25, 0.3) is 0 Å². The van der Waals surface area contributed by atoms with Crippen molar-refractivity contribution in [3.63, 3.8) is 0 Å². The summed E-state index contributed by atoms with van der Waals surface area (Å²) >= 11 is 0. The standard InChI is InChI=1S/C11H15N3/c1-3-13(4-2)14-9-12-10-7-5-6-8-11(10)14/h5-9H,3-4H2,1-2H3. The maximum Gasteiger partial charge on any atom is 0.116 e. The maximum atomic E-state index is 4.36. The third kappa shape index (κ3) is 1.35. The Labute approximate surface area is 83.9 Å². The number of rotatable bonds is 3. The minimum Gasteiger partial charge on any atom is -0.312 e. The van der Waals surface area contributed by atoms with Crippen LogP contribution in [0.25, 0.3) is 11.0 Å². The average Bonchev–Trinajstić information content (AvgIpc) is 2.65. The summed E-state index contributed by atoms with van der Waals surface area (Å²) in [5.74, 6) is 0. The van der Waals surface area contributed by atoms with E-state index in [-0.39, 0.29) is 0 Å². The highest BCUT2D eigenvalue weighted by Crippen LogP contribution is 2.11. The van der Waals surface area contributed by atoms with Crippen molar-refractivity contribution in [2.75, 3.05) is 18.1 Å². The molecule has 3 heteroatoms. The second kappa shape index (κ2) is 3.70. The van der Waals surface area contributed by atoms with E-state index in [0.717, 1.165) is 18.6 Å². The lowest BCUT2D eigenvalue weighted by Crippen LogP contribution is -2.33. The molecular weight excluding hydrogens is 174 g/mol. The Morgan fingerprint density at radius 3 is 2.64 bits per heavy atom. The topological polar surface area (TPSA) is 21.1 Å². The molecule has 0 spiro atoms. The summed E-state index contributed by atoms with van der Waals surface area (Å²) in [5.41, 5.74) is 2.23. The molecule has 1 aromatic heterocycles. The predicted molar refractivity (Wildman–Crippen MR) is 59.0 cm³/mol. The van der Waals surface area contributed by atoms with Gasteiger partial charge in [0, 0.05) is 13.1 Å². The Morgan fingerprint density at radius 2 is 1.93 bits per heavy atom. The van der Waals surface area contributed by atoms with Gasteiger partial charge < -0.3 is 5.01 Å². The van der Waals surface area contributed by atoms with E-state index >= 15 is 0 Å². The van der Waals surface area contributed by atoms with Crippen molar-refractivity contribution in [3.8, 4) is 0 Å². The zero-order valence-corrected chi connectivity index (χ0v) is 8.64. The SMILES string of the molecule is CCN(CC)n1cnc2ccccc21. The van der Waals surface area contributed by atoms with E-state index in [1.54, 1.807) is 0 Å². The Bertz CT molecular complexity index is 415. The van der Waals surface area contributed by atoms with Gasteiger partial charge in [-0.1, -0.05) is 12.1 Å². The van der Waals surface area contributed by atoms with Crippen LogP contribution in [0.4, 0.5) is 0 Å². The molecule has 0 aliphatic carbocycles. The van der Waals surface area contributed by atoms with Crippen LogP contribution in [0, 0.1) is 0 Å². The van der Waals surface area contributed by atoms with Crippen molar-refractivity contribution in [3.05, 3.63) is 30.6 Å². The quantitative estimate of drug-likeness (QED) is 0.736. The molecule has 2 aromatic rings. The number of benzene rings is 1. The van der Waals surface area contributed by atoms with Crippen molar-refractivity contribution in [1.82, 2.24) is 9.66 Å². The van der Waals surface area contributed by atoms with Crippen molar-refractivity contribution in [2.45, 2.75) is 13.8 Å². The summed E-state index contributed by atoms with van der Waals surface area (Å²) in [6.45, 7) is 6.30. The van der Waals surface area contributed by atoms with Crippen LogP contribution in [0.2, 0.25) is 0 Å². The fourth-order valence-corrected chi connectivity index (χ4v) is 1.70. The first-order chi connectivity index (χ1) is 6.86. The fourth-order valence-electron chi connectivity index (χ4n) is 1.70. The highest BCUT2D eigenvalue weighted by atomic mass is 15.5. The van der Waals surface area contributed by atoms with E-state index in [9.17, 15) is 0 Å². The van der Waals surface area contributed by atoms with Gasteiger partial charge in [-0.3, -0.25) is 0 Å². The van der Waals surface area contributed by atoms with Gasteiger partial charge in [-0.25, -0.2) is 9.66 Å². The highest BCUT2D eigenvalue weighted by molar-refractivity contribution is 5.75. The van der Waals surface area contributed by atoms with E-state index in [0.29, 0.717) is 0 Å². The van der Waals surface area contributed by atoms with E-state index in [4.69, 9.17) is 0 Å². The summed E-state index contributed by atoms with van der Waals surface area (Å²) < 4.78 is 2.12. The summed E-state index contributed by atoms with van der Waals surface area (Å²) in [7, 11) is 0. The van der Waals surface area contributed by atoms with E-state index in [1.165, 1.54) is 5.52 Å². The first kappa shape index (κ1) is 9.06. The first-order valence-electron chi connectivity index (χ1n) is 5.04. The fraction of sp³-hybridized carbons (Fsp3) is 0.364. The second-order valence-electron chi connectivity index (χ2n) is 3.22. The highest BCUT2D eigenvalue weighted by Gasteiger charge is 2.05. The second-order valence-corrected chi connectivity index (χ2v) is 3.22. The lowest BCUT2D eigenvalue weighted by molar-refractivity contribution is 0.635. The number of hydrogen-bond donors (Lipinski definition) is 0. The van der Waals surface area contributed by atoms with Crippen molar-refractivity contribution in [2.24, 2.45) is 0 Å².